The molecule has 0 amide bonds. The Balaban J connectivity index is 2.10. The van der Waals surface area contributed by atoms with Gasteiger partial charge in [-0.3, -0.25) is 0 Å². The molecule has 2 rings (SSSR count). The topological polar surface area (TPSA) is 63.6 Å². The molecule has 0 heterocycles. The van der Waals surface area contributed by atoms with Crippen molar-refractivity contribution in [2.45, 2.75) is 43.6 Å². The van der Waals surface area contributed by atoms with Crippen LogP contribution in [0.5, 0.6) is 5.75 Å². The first-order chi connectivity index (χ1) is 9.40. The highest BCUT2D eigenvalue weighted by Gasteiger charge is 2.30. The van der Waals surface area contributed by atoms with Crippen molar-refractivity contribution in [1.82, 2.24) is 0 Å². The molecule has 1 aromatic rings. The van der Waals surface area contributed by atoms with Crippen LogP contribution in [0.4, 0.5) is 0 Å². The molecule has 0 bridgehead atoms. The molecule has 20 heavy (non-hydrogen) atoms. The van der Waals surface area contributed by atoms with Gasteiger partial charge in [0.1, 0.15) is 15.6 Å². The molecule has 4 nitrogen and oxygen atoms in total. The Hall–Kier alpha value is -0.780. The standard InChI is InChI=1S/C14H19ClO4S/c1-20(17,18)13-4-2-3-12(8-13)19-14-6-5-11(15)7-10(14)9-16/h5-7,12-13,16H,2-4,8-9H2,1H3. The summed E-state index contributed by atoms with van der Waals surface area (Å²) in [6.45, 7) is -0.155. The average Bonchev–Trinajstić information content (AvgIpc) is 2.40. The van der Waals surface area contributed by atoms with Gasteiger partial charge in [0.2, 0.25) is 0 Å². The number of rotatable bonds is 4. The summed E-state index contributed by atoms with van der Waals surface area (Å²) < 4.78 is 29.2. The Kier molecular flexibility index (Phi) is 4.94. The second-order valence-electron chi connectivity index (χ2n) is 5.27. The normalized spacial score (nSPS) is 23.6. The van der Waals surface area contributed by atoms with Gasteiger partial charge < -0.3 is 9.84 Å². The Morgan fingerprint density at radius 3 is 2.80 bits per heavy atom. The van der Waals surface area contributed by atoms with Gasteiger partial charge >= 0.3 is 0 Å². The van der Waals surface area contributed by atoms with E-state index in [9.17, 15) is 13.5 Å². The molecule has 1 aromatic carbocycles. The maximum absolute atomic E-state index is 11.6. The van der Waals surface area contributed by atoms with E-state index in [4.69, 9.17) is 16.3 Å². The molecule has 1 aliphatic rings. The zero-order chi connectivity index (χ0) is 14.8. The van der Waals surface area contributed by atoms with Gasteiger partial charge in [-0.05, 0) is 37.5 Å². The SMILES string of the molecule is CS(=O)(=O)C1CCCC(Oc2ccc(Cl)cc2CO)C1. The molecular formula is C14H19ClO4S. The summed E-state index contributed by atoms with van der Waals surface area (Å²) in [5.41, 5.74) is 0.624. The van der Waals surface area contributed by atoms with Crippen molar-refractivity contribution in [3.05, 3.63) is 28.8 Å². The molecule has 1 saturated carbocycles. The predicted octanol–water partition coefficient (Wildman–Crippen LogP) is 2.57. The summed E-state index contributed by atoms with van der Waals surface area (Å²) in [5.74, 6) is 0.580. The summed E-state index contributed by atoms with van der Waals surface area (Å²) in [7, 11) is -3.02. The number of aliphatic hydroxyl groups excluding tert-OH is 1. The molecule has 6 heteroatoms. The third kappa shape index (κ3) is 3.87. The molecule has 2 atom stereocenters. The number of benzene rings is 1. The van der Waals surface area contributed by atoms with Crippen LogP contribution in [0.15, 0.2) is 18.2 Å². The molecule has 2 unspecified atom stereocenters. The number of ether oxygens (including phenoxy) is 1. The summed E-state index contributed by atoms with van der Waals surface area (Å²) in [6.07, 6.45) is 4.03. The number of hydrogen-bond donors (Lipinski definition) is 1. The van der Waals surface area contributed by atoms with E-state index in [1.165, 1.54) is 6.26 Å². The molecule has 0 saturated heterocycles. The largest absolute Gasteiger partial charge is 0.490 e. The third-order valence-electron chi connectivity index (χ3n) is 3.67. The zero-order valence-electron chi connectivity index (χ0n) is 11.4. The number of halogens is 1. The molecule has 0 aromatic heterocycles. The van der Waals surface area contributed by atoms with Gasteiger partial charge in [-0.15, -0.1) is 0 Å². The van der Waals surface area contributed by atoms with Crippen LogP contribution in [0.2, 0.25) is 5.02 Å². The average molecular weight is 319 g/mol. The highest BCUT2D eigenvalue weighted by atomic mass is 35.5. The van der Waals surface area contributed by atoms with E-state index in [0.29, 0.717) is 29.2 Å². The Morgan fingerprint density at radius 1 is 1.40 bits per heavy atom. The maximum Gasteiger partial charge on any atom is 0.150 e. The van der Waals surface area contributed by atoms with E-state index in [1.807, 2.05) is 0 Å². The summed E-state index contributed by atoms with van der Waals surface area (Å²) in [4.78, 5) is 0. The van der Waals surface area contributed by atoms with Crippen molar-refractivity contribution < 1.29 is 18.3 Å². The van der Waals surface area contributed by atoms with E-state index < -0.39 is 9.84 Å². The van der Waals surface area contributed by atoms with Crippen molar-refractivity contribution in [3.8, 4) is 5.75 Å². The highest BCUT2D eigenvalue weighted by molar-refractivity contribution is 7.91. The molecule has 1 N–H and O–H groups in total. The smallest absolute Gasteiger partial charge is 0.150 e. The minimum absolute atomic E-state index is 0.130. The van der Waals surface area contributed by atoms with Crippen molar-refractivity contribution >= 4 is 21.4 Å². The quantitative estimate of drug-likeness (QED) is 0.926. The molecular weight excluding hydrogens is 300 g/mol. The van der Waals surface area contributed by atoms with Gasteiger partial charge in [-0.2, -0.15) is 0 Å². The lowest BCUT2D eigenvalue weighted by molar-refractivity contribution is 0.151. The summed E-state index contributed by atoms with van der Waals surface area (Å²) in [5, 5.41) is 9.53. The van der Waals surface area contributed by atoms with Crippen molar-refractivity contribution in [2.24, 2.45) is 0 Å². The molecule has 1 fully saturated rings. The van der Waals surface area contributed by atoms with Crippen LogP contribution in [0, 0.1) is 0 Å². The first kappa shape index (κ1) is 15.6. The molecule has 112 valence electrons. The second kappa shape index (κ2) is 6.33. The first-order valence-corrected chi connectivity index (χ1v) is 8.98. The van der Waals surface area contributed by atoms with Gasteiger partial charge in [0, 0.05) is 23.3 Å². The van der Waals surface area contributed by atoms with Crippen molar-refractivity contribution in [3.63, 3.8) is 0 Å². The number of aliphatic hydroxyl groups is 1. The summed E-state index contributed by atoms with van der Waals surface area (Å²) >= 11 is 5.88. The lowest BCUT2D eigenvalue weighted by atomic mass is 9.97. The Bertz CT molecular complexity index is 571. The van der Waals surface area contributed by atoms with Gasteiger partial charge in [0.25, 0.3) is 0 Å². The van der Waals surface area contributed by atoms with E-state index in [2.05, 4.69) is 0 Å². The number of hydrogen-bond acceptors (Lipinski definition) is 4. The van der Waals surface area contributed by atoms with Crippen LogP contribution in [-0.2, 0) is 16.4 Å². The van der Waals surface area contributed by atoms with Crippen LogP contribution in [-0.4, -0.2) is 31.1 Å². The van der Waals surface area contributed by atoms with Gasteiger partial charge in [0.15, 0.2) is 0 Å². The zero-order valence-corrected chi connectivity index (χ0v) is 13.0. The van der Waals surface area contributed by atoms with Crippen LogP contribution in [0.3, 0.4) is 0 Å². The fraction of sp³-hybridized carbons (Fsp3) is 0.571. The molecule has 0 aliphatic heterocycles. The van der Waals surface area contributed by atoms with E-state index >= 15 is 0 Å². The van der Waals surface area contributed by atoms with Crippen molar-refractivity contribution in [1.29, 1.82) is 0 Å². The van der Waals surface area contributed by atoms with Gasteiger partial charge in [-0.1, -0.05) is 11.6 Å². The Morgan fingerprint density at radius 2 is 2.15 bits per heavy atom. The fourth-order valence-electron chi connectivity index (χ4n) is 2.56. The molecule has 0 radical (unpaired) electrons. The lowest BCUT2D eigenvalue weighted by Gasteiger charge is -2.29. The minimum Gasteiger partial charge on any atom is -0.490 e. The maximum atomic E-state index is 11.6. The molecule has 1 aliphatic carbocycles. The fourth-order valence-corrected chi connectivity index (χ4v) is 3.92. The van der Waals surface area contributed by atoms with Gasteiger partial charge in [-0.25, -0.2) is 8.42 Å². The number of sulfone groups is 1. The molecule has 0 spiro atoms. The van der Waals surface area contributed by atoms with Crippen LogP contribution in [0.25, 0.3) is 0 Å². The minimum atomic E-state index is -3.02. The Labute approximate surface area is 124 Å². The highest BCUT2D eigenvalue weighted by Crippen LogP contribution is 2.30. The van der Waals surface area contributed by atoms with E-state index in [-0.39, 0.29) is 18.0 Å². The summed E-state index contributed by atoms with van der Waals surface area (Å²) in [6, 6.07) is 5.08. The van der Waals surface area contributed by atoms with E-state index in [0.717, 1.165) is 12.8 Å². The van der Waals surface area contributed by atoms with Crippen molar-refractivity contribution in [2.75, 3.05) is 6.26 Å². The van der Waals surface area contributed by atoms with Crippen LogP contribution >= 0.6 is 11.6 Å². The van der Waals surface area contributed by atoms with Gasteiger partial charge in [0.05, 0.1) is 18.0 Å². The first-order valence-electron chi connectivity index (χ1n) is 6.65. The van der Waals surface area contributed by atoms with Crippen LogP contribution in [0.1, 0.15) is 31.2 Å². The second-order valence-corrected chi connectivity index (χ2v) is 8.03. The van der Waals surface area contributed by atoms with E-state index in [1.54, 1.807) is 18.2 Å². The van der Waals surface area contributed by atoms with Crippen LogP contribution < -0.4 is 4.74 Å². The lowest BCUT2D eigenvalue weighted by Crippen LogP contribution is -2.33. The monoisotopic (exact) mass is 318 g/mol. The predicted molar refractivity (Wildman–Crippen MR) is 78.9 cm³/mol. The third-order valence-corrected chi connectivity index (χ3v) is 5.54.